The predicted octanol–water partition coefficient (Wildman–Crippen LogP) is 3.86. The van der Waals surface area contributed by atoms with Gasteiger partial charge in [-0.2, -0.15) is 4.31 Å². The zero-order valence-electron chi connectivity index (χ0n) is 15.8. The zero-order chi connectivity index (χ0) is 20.0. The van der Waals surface area contributed by atoms with Crippen LogP contribution in [0.25, 0.3) is 0 Å². The number of benzene rings is 2. The highest BCUT2D eigenvalue weighted by atomic mass is 79.9. The van der Waals surface area contributed by atoms with Crippen LogP contribution in [-0.2, 0) is 21.4 Å². The molecule has 7 heteroatoms. The largest absolute Gasteiger partial charge is 0.353 e. The molecule has 27 heavy (non-hydrogen) atoms. The molecule has 5 nitrogen and oxygen atoms in total. The van der Waals surface area contributed by atoms with Crippen molar-refractivity contribution in [3.05, 3.63) is 64.1 Å². The third kappa shape index (κ3) is 6.16. The lowest BCUT2D eigenvalue weighted by Gasteiger charge is -2.23. The molecule has 0 aliphatic carbocycles. The summed E-state index contributed by atoms with van der Waals surface area (Å²) in [6, 6.07) is 14.0. The molecule has 2 rings (SSSR count). The standard InChI is InChI=1S/C20H25BrN2O3S/c1-4-16(3)22-20(24)14-23(13-17-7-9-18(21)10-8-17)27(25,26)19-11-5-15(2)6-12-19/h5-12,16H,4,13-14H2,1-3H3,(H,22,24)/t16-/m1/s1. The molecule has 0 spiro atoms. The van der Waals surface area contributed by atoms with Crippen LogP contribution in [-0.4, -0.2) is 31.2 Å². The van der Waals surface area contributed by atoms with E-state index in [9.17, 15) is 13.2 Å². The molecule has 2 aromatic rings. The van der Waals surface area contributed by atoms with Crippen LogP contribution < -0.4 is 5.32 Å². The molecule has 1 N–H and O–H groups in total. The Morgan fingerprint density at radius 2 is 1.70 bits per heavy atom. The highest BCUT2D eigenvalue weighted by molar-refractivity contribution is 9.10. The summed E-state index contributed by atoms with van der Waals surface area (Å²) < 4.78 is 28.4. The van der Waals surface area contributed by atoms with Gasteiger partial charge in [-0.3, -0.25) is 4.79 Å². The van der Waals surface area contributed by atoms with Crippen molar-refractivity contribution in [1.29, 1.82) is 0 Å². The maximum atomic E-state index is 13.1. The van der Waals surface area contributed by atoms with Gasteiger partial charge in [0.1, 0.15) is 0 Å². The van der Waals surface area contributed by atoms with E-state index in [4.69, 9.17) is 0 Å². The summed E-state index contributed by atoms with van der Waals surface area (Å²) in [6.07, 6.45) is 0.781. The van der Waals surface area contributed by atoms with E-state index in [0.717, 1.165) is 22.0 Å². The quantitative estimate of drug-likeness (QED) is 0.660. The summed E-state index contributed by atoms with van der Waals surface area (Å²) in [5.74, 6) is -0.308. The minimum Gasteiger partial charge on any atom is -0.353 e. The zero-order valence-corrected chi connectivity index (χ0v) is 18.2. The molecule has 2 aromatic carbocycles. The first-order valence-electron chi connectivity index (χ1n) is 8.83. The number of hydrogen-bond acceptors (Lipinski definition) is 3. The van der Waals surface area contributed by atoms with Crippen molar-refractivity contribution in [1.82, 2.24) is 9.62 Å². The van der Waals surface area contributed by atoms with E-state index in [-0.39, 0.29) is 29.9 Å². The molecule has 1 amide bonds. The van der Waals surface area contributed by atoms with Crippen molar-refractivity contribution >= 4 is 31.9 Å². The Balaban J connectivity index is 2.31. The van der Waals surface area contributed by atoms with Gasteiger partial charge in [0.15, 0.2) is 0 Å². The van der Waals surface area contributed by atoms with E-state index in [1.807, 2.05) is 45.0 Å². The molecule has 0 unspecified atom stereocenters. The number of carbonyl (C=O) groups excluding carboxylic acids is 1. The molecule has 0 aliphatic rings. The highest BCUT2D eigenvalue weighted by Crippen LogP contribution is 2.20. The number of hydrogen-bond donors (Lipinski definition) is 1. The van der Waals surface area contributed by atoms with Gasteiger partial charge in [0.05, 0.1) is 11.4 Å². The van der Waals surface area contributed by atoms with Gasteiger partial charge >= 0.3 is 0 Å². The van der Waals surface area contributed by atoms with Gasteiger partial charge in [0.2, 0.25) is 15.9 Å². The monoisotopic (exact) mass is 452 g/mol. The Bertz CT molecular complexity index is 865. The fraction of sp³-hybridized carbons (Fsp3) is 0.350. The first-order valence-corrected chi connectivity index (χ1v) is 11.1. The summed E-state index contributed by atoms with van der Waals surface area (Å²) in [4.78, 5) is 12.6. The molecule has 0 saturated heterocycles. The van der Waals surface area contributed by atoms with Gasteiger partial charge in [0.25, 0.3) is 0 Å². The van der Waals surface area contributed by atoms with Gasteiger partial charge in [-0.05, 0) is 50.1 Å². The third-order valence-corrected chi connectivity index (χ3v) is 6.61. The number of rotatable bonds is 8. The first-order chi connectivity index (χ1) is 12.7. The van der Waals surface area contributed by atoms with Crippen molar-refractivity contribution < 1.29 is 13.2 Å². The fourth-order valence-corrected chi connectivity index (χ4v) is 4.11. The third-order valence-electron chi connectivity index (χ3n) is 4.27. The van der Waals surface area contributed by atoms with Crippen molar-refractivity contribution in [2.24, 2.45) is 0 Å². The molecular formula is C20H25BrN2O3S. The molecule has 0 aromatic heterocycles. The summed E-state index contributed by atoms with van der Waals surface area (Å²) in [5.41, 5.74) is 1.79. The minimum atomic E-state index is -3.80. The molecular weight excluding hydrogens is 428 g/mol. The Kier molecular flexibility index (Phi) is 7.59. The fourth-order valence-electron chi connectivity index (χ4n) is 2.46. The number of carbonyl (C=O) groups is 1. The predicted molar refractivity (Wildman–Crippen MR) is 111 cm³/mol. The number of sulfonamides is 1. The number of nitrogens with zero attached hydrogens (tertiary/aromatic N) is 1. The van der Waals surface area contributed by atoms with Crippen molar-refractivity contribution in [3.63, 3.8) is 0 Å². The van der Waals surface area contributed by atoms with Crippen molar-refractivity contribution in [2.75, 3.05) is 6.54 Å². The SMILES string of the molecule is CC[C@@H](C)NC(=O)CN(Cc1ccc(Br)cc1)S(=O)(=O)c1ccc(C)cc1. The van der Waals surface area contributed by atoms with Gasteiger partial charge in [-0.25, -0.2) is 8.42 Å². The molecule has 0 heterocycles. The molecule has 0 fully saturated rings. The van der Waals surface area contributed by atoms with E-state index < -0.39 is 10.0 Å². The van der Waals surface area contributed by atoms with Crippen LogP contribution in [0.15, 0.2) is 57.9 Å². The van der Waals surface area contributed by atoms with Gasteiger partial charge in [0, 0.05) is 17.1 Å². The second-order valence-electron chi connectivity index (χ2n) is 6.59. The van der Waals surface area contributed by atoms with Crippen LogP contribution in [0, 0.1) is 6.92 Å². The minimum absolute atomic E-state index is 0.00545. The van der Waals surface area contributed by atoms with E-state index in [1.54, 1.807) is 24.3 Å². The van der Waals surface area contributed by atoms with Crippen LogP contribution in [0.3, 0.4) is 0 Å². The second-order valence-corrected chi connectivity index (χ2v) is 9.44. The average molecular weight is 453 g/mol. The van der Waals surface area contributed by atoms with E-state index >= 15 is 0 Å². The van der Waals surface area contributed by atoms with Crippen molar-refractivity contribution in [3.8, 4) is 0 Å². The van der Waals surface area contributed by atoms with Crippen molar-refractivity contribution in [2.45, 2.75) is 44.7 Å². The number of amides is 1. The van der Waals surface area contributed by atoms with Crippen LogP contribution in [0.1, 0.15) is 31.4 Å². The number of nitrogens with one attached hydrogen (secondary N) is 1. The Morgan fingerprint density at radius 3 is 2.26 bits per heavy atom. The van der Waals surface area contributed by atoms with E-state index in [0.29, 0.717) is 0 Å². The summed E-state index contributed by atoms with van der Waals surface area (Å²) in [5, 5.41) is 2.84. The van der Waals surface area contributed by atoms with Crippen LogP contribution >= 0.6 is 15.9 Å². The number of halogens is 1. The Hall–Kier alpha value is -1.70. The maximum Gasteiger partial charge on any atom is 0.243 e. The smallest absolute Gasteiger partial charge is 0.243 e. The second kappa shape index (κ2) is 9.48. The lowest BCUT2D eigenvalue weighted by atomic mass is 10.2. The van der Waals surface area contributed by atoms with Gasteiger partial charge in [-0.1, -0.05) is 52.7 Å². The highest BCUT2D eigenvalue weighted by Gasteiger charge is 2.27. The Morgan fingerprint density at radius 1 is 1.11 bits per heavy atom. The van der Waals surface area contributed by atoms with Crippen LogP contribution in [0.2, 0.25) is 0 Å². The summed E-state index contributed by atoms with van der Waals surface area (Å²) in [7, 11) is -3.80. The summed E-state index contributed by atoms with van der Waals surface area (Å²) in [6.45, 7) is 5.66. The topological polar surface area (TPSA) is 66.5 Å². The number of aryl methyl sites for hydroxylation is 1. The average Bonchev–Trinajstić information content (AvgIpc) is 2.63. The van der Waals surface area contributed by atoms with E-state index in [2.05, 4.69) is 21.2 Å². The molecule has 1 atom stereocenters. The van der Waals surface area contributed by atoms with Gasteiger partial charge in [-0.15, -0.1) is 0 Å². The van der Waals surface area contributed by atoms with Crippen LogP contribution in [0.4, 0.5) is 0 Å². The van der Waals surface area contributed by atoms with Crippen LogP contribution in [0.5, 0.6) is 0 Å². The molecule has 0 saturated carbocycles. The molecule has 146 valence electrons. The van der Waals surface area contributed by atoms with E-state index in [1.165, 1.54) is 4.31 Å². The lowest BCUT2D eigenvalue weighted by molar-refractivity contribution is -0.122. The molecule has 0 aliphatic heterocycles. The normalized spacial score (nSPS) is 12.8. The lowest BCUT2D eigenvalue weighted by Crippen LogP contribution is -2.43. The summed E-state index contributed by atoms with van der Waals surface area (Å²) >= 11 is 3.37. The molecule has 0 radical (unpaired) electrons. The van der Waals surface area contributed by atoms with Gasteiger partial charge < -0.3 is 5.32 Å². The first kappa shape index (κ1) is 21.6. The Labute approximate surface area is 170 Å². The maximum absolute atomic E-state index is 13.1. The molecule has 0 bridgehead atoms.